The number of nitrogens with zero attached hydrogens (tertiary/aromatic N) is 2. The van der Waals surface area contributed by atoms with E-state index in [4.69, 9.17) is 5.26 Å². The Hall–Kier alpha value is -2.87. The molecule has 1 saturated heterocycles. The normalized spacial score (nSPS) is 16.8. The number of nitrogens with one attached hydrogen (secondary N) is 1. The standard InChI is InChI=1S/C19H19N3O2/c20-12-16-8-4-10-22(16)19(24)13-21-18(23)11-15-7-3-6-14-5-1-2-9-17(14)15/h1-3,5-7,9,16H,4,8,10-11,13H2,(H,21,23)/t16-/m0/s1. The maximum atomic E-state index is 12.2. The van der Waals surface area contributed by atoms with Crippen LogP contribution in [0.3, 0.4) is 0 Å². The lowest BCUT2D eigenvalue weighted by molar-refractivity contribution is -0.132. The molecule has 3 rings (SSSR count). The molecule has 2 amide bonds. The molecule has 24 heavy (non-hydrogen) atoms. The number of carbonyl (C=O) groups is 2. The molecule has 0 radical (unpaired) electrons. The van der Waals surface area contributed by atoms with Gasteiger partial charge in [0, 0.05) is 6.54 Å². The van der Waals surface area contributed by atoms with E-state index in [1.807, 2.05) is 42.5 Å². The Morgan fingerprint density at radius 2 is 2.00 bits per heavy atom. The molecule has 0 unspecified atom stereocenters. The minimum atomic E-state index is -0.354. The largest absolute Gasteiger partial charge is 0.347 e. The Labute approximate surface area is 140 Å². The molecule has 1 heterocycles. The van der Waals surface area contributed by atoms with Gasteiger partial charge in [-0.2, -0.15) is 5.26 Å². The molecule has 0 saturated carbocycles. The van der Waals surface area contributed by atoms with Gasteiger partial charge < -0.3 is 10.2 Å². The van der Waals surface area contributed by atoms with E-state index in [2.05, 4.69) is 11.4 Å². The highest BCUT2D eigenvalue weighted by Crippen LogP contribution is 2.19. The molecule has 0 spiro atoms. The average Bonchev–Trinajstić information content (AvgIpc) is 3.09. The summed E-state index contributed by atoms with van der Waals surface area (Å²) in [5.41, 5.74) is 0.939. The topological polar surface area (TPSA) is 73.2 Å². The quantitative estimate of drug-likeness (QED) is 0.936. The smallest absolute Gasteiger partial charge is 0.243 e. The van der Waals surface area contributed by atoms with Crippen LogP contribution in [0.2, 0.25) is 0 Å². The van der Waals surface area contributed by atoms with Crippen molar-refractivity contribution in [3.8, 4) is 6.07 Å². The van der Waals surface area contributed by atoms with Gasteiger partial charge in [0.1, 0.15) is 6.04 Å². The fourth-order valence-electron chi connectivity index (χ4n) is 3.16. The Morgan fingerprint density at radius 1 is 1.21 bits per heavy atom. The number of amides is 2. The van der Waals surface area contributed by atoms with Crippen LogP contribution in [0.15, 0.2) is 42.5 Å². The number of hydrogen-bond donors (Lipinski definition) is 1. The highest BCUT2D eigenvalue weighted by Gasteiger charge is 2.28. The van der Waals surface area contributed by atoms with Gasteiger partial charge in [0.05, 0.1) is 19.0 Å². The average molecular weight is 321 g/mol. The van der Waals surface area contributed by atoms with Crippen LogP contribution in [0.1, 0.15) is 18.4 Å². The molecule has 5 nitrogen and oxygen atoms in total. The van der Waals surface area contributed by atoms with E-state index in [9.17, 15) is 9.59 Å². The maximum Gasteiger partial charge on any atom is 0.243 e. The highest BCUT2D eigenvalue weighted by atomic mass is 16.2. The van der Waals surface area contributed by atoms with Crippen LogP contribution in [0.25, 0.3) is 10.8 Å². The molecule has 0 aliphatic carbocycles. The van der Waals surface area contributed by atoms with E-state index in [0.717, 1.165) is 22.8 Å². The number of fused-ring (bicyclic) bond motifs is 1. The number of rotatable bonds is 4. The fourth-order valence-corrected chi connectivity index (χ4v) is 3.16. The fraction of sp³-hybridized carbons (Fsp3) is 0.316. The van der Waals surface area contributed by atoms with Gasteiger partial charge in [-0.1, -0.05) is 42.5 Å². The summed E-state index contributed by atoms with van der Waals surface area (Å²) >= 11 is 0. The van der Waals surface area contributed by atoms with Crippen molar-refractivity contribution in [3.05, 3.63) is 48.0 Å². The van der Waals surface area contributed by atoms with Gasteiger partial charge >= 0.3 is 0 Å². The van der Waals surface area contributed by atoms with Gasteiger partial charge in [0.2, 0.25) is 11.8 Å². The van der Waals surface area contributed by atoms with E-state index >= 15 is 0 Å². The van der Waals surface area contributed by atoms with Crippen molar-refractivity contribution < 1.29 is 9.59 Å². The van der Waals surface area contributed by atoms with Crippen LogP contribution in [0.4, 0.5) is 0 Å². The minimum absolute atomic E-state index is 0.0538. The zero-order chi connectivity index (χ0) is 16.9. The van der Waals surface area contributed by atoms with Gasteiger partial charge in [0.25, 0.3) is 0 Å². The third kappa shape index (κ3) is 3.38. The first-order valence-corrected chi connectivity index (χ1v) is 8.11. The molecule has 2 aromatic rings. The van der Waals surface area contributed by atoms with Crippen molar-refractivity contribution in [2.75, 3.05) is 13.1 Å². The van der Waals surface area contributed by atoms with Crippen LogP contribution < -0.4 is 5.32 Å². The van der Waals surface area contributed by atoms with E-state index in [0.29, 0.717) is 13.0 Å². The monoisotopic (exact) mass is 321 g/mol. The van der Waals surface area contributed by atoms with Crippen LogP contribution in [-0.4, -0.2) is 35.8 Å². The summed E-state index contributed by atoms with van der Waals surface area (Å²) in [4.78, 5) is 25.9. The van der Waals surface area contributed by atoms with E-state index in [-0.39, 0.29) is 30.8 Å². The number of hydrogen-bond acceptors (Lipinski definition) is 3. The zero-order valence-electron chi connectivity index (χ0n) is 13.4. The maximum absolute atomic E-state index is 12.2. The van der Waals surface area contributed by atoms with Gasteiger partial charge in [-0.3, -0.25) is 9.59 Å². The number of benzene rings is 2. The van der Waals surface area contributed by atoms with Crippen molar-refractivity contribution in [1.82, 2.24) is 10.2 Å². The Morgan fingerprint density at radius 3 is 2.83 bits per heavy atom. The molecule has 122 valence electrons. The molecule has 1 atom stereocenters. The predicted molar refractivity (Wildman–Crippen MR) is 91.0 cm³/mol. The van der Waals surface area contributed by atoms with Gasteiger partial charge in [-0.05, 0) is 29.2 Å². The first kappa shape index (κ1) is 16.0. The lowest BCUT2D eigenvalue weighted by atomic mass is 10.0. The molecule has 5 heteroatoms. The second-order valence-electron chi connectivity index (χ2n) is 5.97. The summed E-state index contributed by atoms with van der Waals surface area (Å²) in [6.07, 6.45) is 1.79. The number of likely N-dealkylation sites (tertiary alicyclic amines) is 1. The van der Waals surface area contributed by atoms with Gasteiger partial charge in [-0.15, -0.1) is 0 Å². The summed E-state index contributed by atoms with van der Waals surface area (Å²) in [7, 11) is 0. The Kier molecular flexibility index (Phi) is 4.76. The second-order valence-corrected chi connectivity index (χ2v) is 5.97. The van der Waals surface area contributed by atoms with E-state index in [1.54, 1.807) is 4.90 Å². The SMILES string of the molecule is N#C[C@@H]1CCCN1C(=O)CNC(=O)Cc1cccc2ccccc12. The molecule has 0 bridgehead atoms. The van der Waals surface area contributed by atoms with Crippen molar-refractivity contribution in [1.29, 1.82) is 5.26 Å². The molecular weight excluding hydrogens is 302 g/mol. The van der Waals surface area contributed by atoms with E-state index < -0.39 is 0 Å². The number of carbonyl (C=O) groups excluding carboxylic acids is 2. The summed E-state index contributed by atoms with van der Waals surface area (Å²) in [5, 5.41) is 13.8. The van der Waals surface area contributed by atoms with Crippen LogP contribution in [0, 0.1) is 11.3 Å². The van der Waals surface area contributed by atoms with Gasteiger partial charge in [-0.25, -0.2) is 0 Å². The zero-order valence-corrected chi connectivity index (χ0v) is 13.4. The van der Waals surface area contributed by atoms with Crippen LogP contribution in [-0.2, 0) is 16.0 Å². The highest BCUT2D eigenvalue weighted by molar-refractivity contribution is 5.91. The molecule has 1 aliphatic heterocycles. The van der Waals surface area contributed by atoms with Gasteiger partial charge in [0.15, 0.2) is 0 Å². The van der Waals surface area contributed by atoms with Crippen molar-refractivity contribution in [2.45, 2.75) is 25.3 Å². The summed E-state index contributed by atoms with van der Waals surface area (Å²) in [6, 6.07) is 15.6. The molecule has 1 fully saturated rings. The lowest BCUT2D eigenvalue weighted by Gasteiger charge is -2.19. The lowest BCUT2D eigenvalue weighted by Crippen LogP contribution is -2.42. The summed E-state index contributed by atoms with van der Waals surface area (Å²) in [5.74, 6) is -0.377. The molecular formula is C19H19N3O2. The summed E-state index contributed by atoms with van der Waals surface area (Å²) < 4.78 is 0. The Bertz CT molecular complexity index is 804. The van der Waals surface area contributed by atoms with Crippen LogP contribution >= 0.6 is 0 Å². The number of nitriles is 1. The molecule has 1 aliphatic rings. The van der Waals surface area contributed by atoms with Crippen LogP contribution in [0.5, 0.6) is 0 Å². The Balaban J connectivity index is 1.60. The molecule has 0 aromatic heterocycles. The first-order valence-electron chi connectivity index (χ1n) is 8.11. The molecule has 2 aromatic carbocycles. The summed E-state index contributed by atoms with van der Waals surface area (Å²) in [6.45, 7) is 0.540. The van der Waals surface area contributed by atoms with Crippen molar-refractivity contribution in [2.24, 2.45) is 0 Å². The van der Waals surface area contributed by atoms with E-state index in [1.165, 1.54) is 0 Å². The van der Waals surface area contributed by atoms with Crippen molar-refractivity contribution in [3.63, 3.8) is 0 Å². The first-order chi connectivity index (χ1) is 11.7. The minimum Gasteiger partial charge on any atom is -0.347 e. The second kappa shape index (κ2) is 7.14. The molecule has 1 N–H and O–H groups in total. The predicted octanol–water partition coefficient (Wildman–Crippen LogP) is 2.01. The third-order valence-electron chi connectivity index (χ3n) is 4.39. The third-order valence-corrected chi connectivity index (χ3v) is 4.39. The van der Waals surface area contributed by atoms with Crippen molar-refractivity contribution >= 4 is 22.6 Å².